The van der Waals surface area contributed by atoms with Crippen LogP contribution in [-0.4, -0.2) is 40.5 Å². The molecule has 92 valence electrons. The molecule has 0 aromatic rings. The topological polar surface area (TPSA) is 41.6 Å². The fourth-order valence-electron chi connectivity index (χ4n) is 2.55. The van der Waals surface area contributed by atoms with Gasteiger partial charge in [0.15, 0.2) is 5.96 Å². The van der Waals surface area contributed by atoms with Gasteiger partial charge in [-0.3, -0.25) is 0 Å². The van der Waals surface area contributed by atoms with Crippen molar-refractivity contribution >= 4 is 17.7 Å². The number of guanidine groups is 1. The predicted octanol–water partition coefficient (Wildman–Crippen LogP) is 2.07. The van der Waals surface area contributed by atoms with Crippen LogP contribution in [0.3, 0.4) is 0 Å². The summed E-state index contributed by atoms with van der Waals surface area (Å²) in [4.78, 5) is 6.99. The van der Waals surface area contributed by atoms with Crippen LogP contribution in [0.2, 0.25) is 0 Å². The average molecular weight is 241 g/mol. The smallest absolute Gasteiger partial charge is 0.191 e. The van der Waals surface area contributed by atoms with Gasteiger partial charge in [-0.05, 0) is 19.8 Å². The van der Waals surface area contributed by atoms with E-state index in [1.165, 1.54) is 31.4 Å². The first-order valence-corrected chi connectivity index (χ1v) is 7.45. The molecule has 1 aliphatic heterocycles. The summed E-state index contributed by atoms with van der Waals surface area (Å²) in [6, 6.07) is 1.01. The molecule has 0 aromatic heterocycles. The van der Waals surface area contributed by atoms with Crippen molar-refractivity contribution in [2.75, 3.05) is 12.3 Å². The molecule has 0 bridgehead atoms. The number of nitrogens with zero attached hydrogens (tertiary/aromatic N) is 2. The first-order valence-electron chi connectivity index (χ1n) is 6.40. The Morgan fingerprint density at radius 3 is 2.69 bits per heavy atom. The number of aliphatic imine (C=N–C) groups is 1. The van der Waals surface area contributed by atoms with E-state index in [1.807, 2.05) is 11.8 Å². The third kappa shape index (κ3) is 2.65. The summed E-state index contributed by atoms with van der Waals surface area (Å²) in [6.45, 7) is 5.59. The monoisotopic (exact) mass is 241 g/mol. The van der Waals surface area contributed by atoms with E-state index in [9.17, 15) is 0 Å². The van der Waals surface area contributed by atoms with Gasteiger partial charge in [0.1, 0.15) is 0 Å². The Morgan fingerprint density at radius 2 is 2.00 bits per heavy atom. The Morgan fingerprint density at radius 1 is 1.31 bits per heavy atom. The third-order valence-corrected chi connectivity index (χ3v) is 5.16. The number of rotatable bonds is 1. The second kappa shape index (κ2) is 5.30. The van der Waals surface area contributed by atoms with E-state index in [4.69, 9.17) is 10.7 Å². The van der Waals surface area contributed by atoms with Crippen molar-refractivity contribution in [2.45, 2.75) is 56.9 Å². The Labute approximate surface area is 103 Å². The lowest BCUT2D eigenvalue weighted by atomic mass is 10.2. The number of hydrogen-bond acceptors (Lipinski definition) is 2. The maximum Gasteiger partial charge on any atom is 0.191 e. The zero-order valence-electron chi connectivity index (χ0n) is 10.4. The Hall–Kier alpha value is -0.380. The van der Waals surface area contributed by atoms with Crippen LogP contribution >= 0.6 is 11.8 Å². The standard InChI is InChI=1S/C12H23N3S/c1-9-10(2)16-8-7-15(9)12(13)14-11-5-3-4-6-11/h9-11H,3-8H2,1-2H3,(H2,13,14). The molecule has 0 aromatic carbocycles. The van der Waals surface area contributed by atoms with Crippen molar-refractivity contribution in [3.8, 4) is 0 Å². The van der Waals surface area contributed by atoms with Crippen molar-refractivity contribution in [1.82, 2.24) is 4.90 Å². The van der Waals surface area contributed by atoms with Crippen LogP contribution in [0.4, 0.5) is 0 Å². The van der Waals surface area contributed by atoms with Gasteiger partial charge in [-0.15, -0.1) is 0 Å². The minimum atomic E-state index is 0.497. The van der Waals surface area contributed by atoms with Gasteiger partial charge < -0.3 is 10.6 Å². The molecular weight excluding hydrogens is 218 g/mol. The fourth-order valence-corrected chi connectivity index (χ4v) is 3.65. The van der Waals surface area contributed by atoms with E-state index in [1.54, 1.807) is 0 Å². The van der Waals surface area contributed by atoms with E-state index in [0.29, 0.717) is 17.3 Å². The molecule has 2 fully saturated rings. The summed E-state index contributed by atoms with van der Waals surface area (Å²) in [6.07, 6.45) is 5.10. The molecule has 1 heterocycles. The zero-order valence-corrected chi connectivity index (χ0v) is 11.2. The molecule has 0 spiro atoms. The van der Waals surface area contributed by atoms with Crippen LogP contribution in [0.25, 0.3) is 0 Å². The van der Waals surface area contributed by atoms with E-state index < -0.39 is 0 Å². The molecule has 0 radical (unpaired) electrons. The molecule has 2 unspecified atom stereocenters. The maximum absolute atomic E-state index is 6.15. The molecule has 1 saturated carbocycles. The summed E-state index contributed by atoms with van der Waals surface area (Å²) in [5.41, 5.74) is 6.15. The van der Waals surface area contributed by atoms with Crippen LogP contribution < -0.4 is 5.73 Å². The molecule has 2 rings (SSSR count). The molecule has 2 atom stereocenters. The lowest BCUT2D eigenvalue weighted by Gasteiger charge is -2.38. The third-order valence-electron chi connectivity index (χ3n) is 3.82. The maximum atomic E-state index is 6.15. The van der Waals surface area contributed by atoms with E-state index >= 15 is 0 Å². The van der Waals surface area contributed by atoms with Crippen LogP contribution in [0.5, 0.6) is 0 Å². The summed E-state index contributed by atoms with van der Waals surface area (Å²) in [5.74, 6) is 1.96. The largest absolute Gasteiger partial charge is 0.370 e. The second-order valence-corrected chi connectivity index (χ2v) is 6.42. The zero-order chi connectivity index (χ0) is 11.5. The fraction of sp³-hybridized carbons (Fsp3) is 0.917. The van der Waals surface area contributed by atoms with Crippen molar-refractivity contribution < 1.29 is 0 Å². The van der Waals surface area contributed by atoms with Crippen molar-refractivity contribution in [3.05, 3.63) is 0 Å². The lowest BCUT2D eigenvalue weighted by molar-refractivity contribution is 0.328. The van der Waals surface area contributed by atoms with Gasteiger partial charge in [-0.25, -0.2) is 4.99 Å². The van der Waals surface area contributed by atoms with E-state index in [0.717, 1.165) is 12.5 Å². The van der Waals surface area contributed by atoms with Gasteiger partial charge in [-0.2, -0.15) is 11.8 Å². The van der Waals surface area contributed by atoms with Gasteiger partial charge in [-0.1, -0.05) is 19.8 Å². The summed E-state index contributed by atoms with van der Waals surface area (Å²) in [5, 5.41) is 0.658. The van der Waals surface area contributed by atoms with Crippen molar-refractivity contribution in [1.29, 1.82) is 0 Å². The van der Waals surface area contributed by atoms with Gasteiger partial charge >= 0.3 is 0 Å². The van der Waals surface area contributed by atoms with Gasteiger partial charge in [0, 0.05) is 23.6 Å². The van der Waals surface area contributed by atoms with Crippen LogP contribution in [0.15, 0.2) is 4.99 Å². The normalized spacial score (nSPS) is 33.4. The van der Waals surface area contributed by atoms with Crippen molar-refractivity contribution in [2.24, 2.45) is 10.7 Å². The highest BCUT2D eigenvalue weighted by atomic mass is 32.2. The van der Waals surface area contributed by atoms with Crippen LogP contribution in [0.1, 0.15) is 39.5 Å². The van der Waals surface area contributed by atoms with Gasteiger partial charge in [0.2, 0.25) is 0 Å². The van der Waals surface area contributed by atoms with Crippen LogP contribution in [-0.2, 0) is 0 Å². The van der Waals surface area contributed by atoms with Crippen molar-refractivity contribution in [3.63, 3.8) is 0 Å². The molecule has 4 heteroatoms. The second-order valence-electron chi connectivity index (χ2n) is 4.94. The molecule has 2 aliphatic rings. The Bertz CT molecular complexity index is 261. The lowest BCUT2D eigenvalue weighted by Crippen LogP contribution is -2.51. The number of thioether (sulfide) groups is 1. The Kier molecular flexibility index (Phi) is 4.00. The Balaban J connectivity index is 1.99. The number of nitrogens with two attached hydrogens (primary N) is 1. The predicted molar refractivity (Wildman–Crippen MR) is 72.0 cm³/mol. The minimum Gasteiger partial charge on any atom is -0.370 e. The quantitative estimate of drug-likeness (QED) is 0.564. The van der Waals surface area contributed by atoms with E-state index in [-0.39, 0.29) is 0 Å². The molecular formula is C12H23N3S. The SMILES string of the molecule is CC1SCCN(C(N)=NC2CCCC2)C1C. The van der Waals surface area contributed by atoms with Crippen LogP contribution in [0, 0.1) is 0 Å². The summed E-state index contributed by atoms with van der Waals surface area (Å²) < 4.78 is 0. The highest BCUT2D eigenvalue weighted by molar-refractivity contribution is 8.00. The molecule has 0 amide bonds. The number of hydrogen-bond donors (Lipinski definition) is 1. The molecule has 3 nitrogen and oxygen atoms in total. The average Bonchev–Trinajstić information content (AvgIpc) is 2.74. The first kappa shape index (κ1) is 12.1. The summed E-state index contributed by atoms with van der Waals surface area (Å²) >= 11 is 2.04. The minimum absolute atomic E-state index is 0.497. The molecule has 16 heavy (non-hydrogen) atoms. The highest BCUT2D eigenvalue weighted by Gasteiger charge is 2.27. The first-order chi connectivity index (χ1) is 7.68. The molecule has 2 N–H and O–H groups in total. The highest BCUT2D eigenvalue weighted by Crippen LogP contribution is 2.25. The van der Waals surface area contributed by atoms with Gasteiger partial charge in [0.05, 0.1) is 6.04 Å². The van der Waals surface area contributed by atoms with Gasteiger partial charge in [0.25, 0.3) is 0 Å². The van der Waals surface area contributed by atoms with E-state index in [2.05, 4.69) is 18.7 Å². The summed E-state index contributed by atoms with van der Waals surface area (Å²) in [7, 11) is 0. The molecule has 1 saturated heterocycles. The molecule has 1 aliphatic carbocycles.